The third kappa shape index (κ3) is 3.64. The van der Waals surface area contributed by atoms with Crippen LogP contribution in [-0.2, 0) is 6.42 Å². The second-order valence-electron chi connectivity index (χ2n) is 4.39. The number of benzene rings is 1. The molecular weight excluding hydrogens is 248 g/mol. The molecule has 0 aliphatic heterocycles. The Bertz CT molecular complexity index is 511. The fourth-order valence-electron chi connectivity index (χ4n) is 2.14. The van der Waals surface area contributed by atoms with Crippen molar-refractivity contribution in [1.29, 1.82) is 0 Å². The van der Waals surface area contributed by atoms with Gasteiger partial charge in [-0.25, -0.2) is 8.78 Å². The molecule has 0 radical (unpaired) electrons. The van der Waals surface area contributed by atoms with Crippen LogP contribution in [0.1, 0.15) is 30.7 Å². The maximum atomic E-state index is 13.8. The Morgan fingerprint density at radius 1 is 1.26 bits per heavy atom. The first-order chi connectivity index (χ1) is 9.20. The lowest BCUT2D eigenvalue weighted by Crippen LogP contribution is -2.22. The Balaban J connectivity index is 2.12. The molecule has 1 heterocycles. The van der Waals surface area contributed by atoms with Crippen LogP contribution in [0.4, 0.5) is 8.78 Å². The molecule has 102 valence electrons. The third-order valence-electron chi connectivity index (χ3n) is 3.04. The van der Waals surface area contributed by atoms with Crippen molar-refractivity contribution in [3.8, 4) is 0 Å². The third-order valence-corrected chi connectivity index (χ3v) is 3.04. The first-order valence-electron chi connectivity index (χ1n) is 6.41. The Hall–Kier alpha value is -1.68. The van der Waals surface area contributed by atoms with Gasteiger partial charge in [0.05, 0.1) is 6.26 Å². The molecule has 19 heavy (non-hydrogen) atoms. The van der Waals surface area contributed by atoms with E-state index in [1.807, 2.05) is 19.1 Å². The molecule has 0 saturated heterocycles. The molecule has 0 spiro atoms. The van der Waals surface area contributed by atoms with E-state index in [-0.39, 0.29) is 11.9 Å². The molecule has 0 aliphatic carbocycles. The van der Waals surface area contributed by atoms with Gasteiger partial charge in [-0.15, -0.1) is 0 Å². The smallest absolute Gasteiger partial charge is 0.128 e. The van der Waals surface area contributed by atoms with Crippen LogP contribution in [0.5, 0.6) is 0 Å². The lowest BCUT2D eigenvalue weighted by Gasteiger charge is -2.18. The molecule has 2 rings (SSSR count). The monoisotopic (exact) mass is 265 g/mol. The highest BCUT2D eigenvalue weighted by Gasteiger charge is 2.16. The molecule has 0 saturated carbocycles. The Kier molecular flexibility index (Phi) is 4.68. The summed E-state index contributed by atoms with van der Waals surface area (Å²) in [6.45, 7) is 2.63. The van der Waals surface area contributed by atoms with Crippen molar-refractivity contribution in [2.45, 2.75) is 25.8 Å². The Morgan fingerprint density at radius 3 is 2.79 bits per heavy atom. The van der Waals surface area contributed by atoms with Gasteiger partial charge in [0.25, 0.3) is 0 Å². The largest absolute Gasteiger partial charge is 0.469 e. The molecule has 1 unspecified atom stereocenters. The molecule has 0 amide bonds. The highest BCUT2D eigenvalue weighted by molar-refractivity contribution is 5.22. The van der Waals surface area contributed by atoms with Crippen LogP contribution in [0, 0.1) is 11.6 Å². The molecule has 1 atom stereocenters. The standard InChI is InChI=1S/C15H17F2NO/c1-2-18-15(8-6-12-4-3-9-19-12)13-10-11(16)5-7-14(13)17/h3-5,7,9-10,15,18H,2,6,8H2,1H3. The van der Waals surface area contributed by atoms with Crippen molar-refractivity contribution in [3.63, 3.8) is 0 Å². The average molecular weight is 265 g/mol. The zero-order chi connectivity index (χ0) is 13.7. The van der Waals surface area contributed by atoms with Crippen LogP contribution in [-0.4, -0.2) is 6.54 Å². The van der Waals surface area contributed by atoms with E-state index < -0.39 is 5.82 Å². The molecule has 0 fully saturated rings. The first kappa shape index (κ1) is 13.7. The number of nitrogens with one attached hydrogen (secondary N) is 1. The topological polar surface area (TPSA) is 25.2 Å². The van der Waals surface area contributed by atoms with E-state index in [9.17, 15) is 8.78 Å². The summed E-state index contributed by atoms with van der Waals surface area (Å²) in [5.41, 5.74) is 0.369. The van der Waals surface area contributed by atoms with Gasteiger partial charge in [-0.05, 0) is 43.3 Å². The van der Waals surface area contributed by atoms with Crippen LogP contribution in [0.15, 0.2) is 41.0 Å². The fourth-order valence-corrected chi connectivity index (χ4v) is 2.14. The predicted octanol–water partition coefficient (Wildman–Crippen LogP) is 3.84. The normalized spacial score (nSPS) is 12.6. The summed E-state index contributed by atoms with van der Waals surface area (Å²) in [4.78, 5) is 0. The predicted molar refractivity (Wildman–Crippen MR) is 69.8 cm³/mol. The van der Waals surface area contributed by atoms with E-state index in [1.165, 1.54) is 12.1 Å². The molecule has 2 aromatic rings. The van der Waals surface area contributed by atoms with Gasteiger partial charge < -0.3 is 9.73 Å². The van der Waals surface area contributed by atoms with E-state index >= 15 is 0 Å². The number of rotatable bonds is 6. The van der Waals surface area contributed by atoms with E-state index in [4.69, 9.17) is 4.42 Å². The van der Waals surface area contributed by atoms with Gasteiger partial charge in [-0.3, -0.25) is 0 Å². The van der Waals surface area contributed by atoms with Gasteiger partial charge in [0.1, 0.15) is 17.4 Å². The maximum Gasteiger partial charge on any atom is 0.128 e. The van der Waals surface area contributed by atoms with Crippen LogP contribution in [0.2, 0.25) is 0 Å². The van der Waals surface area contributed by atoms with E-state index in [1.54, 1.807) is 6.26 Å². The summed E-state index contributed by atoms with van der Waals surface area (Å²) in [7, 11) is 0. The summed E-state index contributed by atoms with van der Waals surface area (Å²) < 4.78 is 32.3. The van der Waals surface area contributed by atoms with Crippen LogP contribution < -0.4 is 5.32 Å². The fraction of sp³-hybridized carbons (Fsp3) is 0.333. The second kappa shape index (κ2) is 6.48. The summed E-state index contributed by atoms with van der Waals surface area (Å²) >= 11 is 0. The van der Waals surface area contributed by atoms with Crippen LogP contribution >= 0.6 is 0 Å². The summed E-state index contributed by atoms with van der Waals surface area (Å²) in [5.74, 6) is 0.0452. The molecule has 0 bridgehead atoms. The number of halogens is 2. The SMILES string of the molecule is CCNC(CCc1ccco1)c1cc(F)ccc1F. The average Bonchev–Trinajstić information content (AvgIpc) is 2.91. The summed E-state index contributed by atoms with van der Waals surface area (Å²) in [6.07, 6.45) is 2.95. The van der Waals surface area contributed by atoms with E-state index in [2.05, 4.69) is 5.32 Å². The van der Waals surface area contributed by atoms with Gasteiger partial charge in [0.2, 0.25) is 0 Å². The van der Waals surface area contributed by atoms with Crippen molar-refractivity contribution >= 4 is 0 Å². The number of hydrogen-bond donors (Lipinski definition) is 1. The number of hydrogen-bond acceptors (Lipinski definition) is 2. The Labute approximate surface area is 111 Å². The van der Waals surface area contributed by atoms with Crippen molar-refractivity contribution in [2.24, 2.45) is 0 Å². The minimum absolute atomic E-state index is 0.217. The van der Waals surface area contributed by atoms with Gasteiger partial charge in [-0.2, -0.15) is 0 Å². The van der Waals surface area contributed by atoms with Crippen LogP contribution in [0.3, 0.4) is 0 Å². The minimum atomic E-state index is -0.419. The lowest BCUT2D eigenvalue weighted by molar-refractivity contribution is 0.444. The summed E-state index contributed by atoms with van der Waals surface area (Å²) in [5, 5.41) is 3.18. The van der Waals surface area contributed by atoms with Crippen LogP contribution in [0.25, 0.3) is 0 Å². The molecule has 0 aliphatic rings. The van der Waals surface area contributed by atoms with Gasteiger partial charge >= 0.3 is 0 Å². The highest BCUT2D eigenvalue weighted by Crippen LogP contribution is 2.23. The lowest BCUT2D eigenvalue weighted by atomic mass is 10.0. The second-order valence-corrected chi connectivity index (χ2v) is 4.39. The van der Waals surface area contributed by atoms with Gasteiger partial charge in [0.15, 0.2) is 0 Å². The minimum Gasteiger partial charge on any atom is -0.469 e. The molecule has 1 aromatic carbocycles. The summed E-state index contributed by atoms with van der Waals surface area (Å²) in [6, 6.07) is 7.04. The van der Waals surface area contributed by atoms with Crippen molar-refractivity contribution in [2.75, 3.05) is 6.54 Å². The first-order valence-corrected chi connectivity index (χ1v) is 6.41. The van der Waals surface area contributed by atoms with Crippen molar-refractivity contribution in [3.05, 3.63) is 59.6 Å². The quantitative estimate of drug-likeness (QED) is 0.858. The molecule has 2 nitrogen and oxygen atoms in total. The van der Waals surface area contributed by atoms with E-state index in [0.717, 1.165) is 11.8 Å². The molecule has 4 heteroatoms. The van der Waals surface area contributed by atoms with Crippen molar-refractivity contribution in [1.82, 2.24) is 5.32 Å². The zero-order valence-corrected chi connectivity index (χ0v) is 10.8. The number of aryl methyl sites for hydroxylation is 1. The number of furan rings is 1. The zero-order valence-electron chi connectivity index (χ0n) is 10.8. The molecule has 1 aromatic heterocycles. The molecular formula is C15H17F2NO. The maximum absolute atomic E-state index is 13.8. The van der Waals surface area contributed by atoms with Crippen molar-refractivity contribution < 1.29 is 13.2 Å². The highest BCUT2D eigenvalue weighted by atomic mass is 19.1. The van der Waals surface area contributed by atoms with Gasteiger partial charge in [0, 0.05) is 18.0 Å². The van der Waals surface area contributed by atoms with E-state index in [0.29, 0.717) is 24.9 Å². The van der Waals surface area contributed by atoms with Gasteiger partial charge in [-0.1, -0.05) is 6.92 Å². The Morgan fingerprint density at radius 2 is 2.11 bits per heavy atom. The molecule has 1 N–H and O–H groups in total.